The van der Waals surface area contributed by atoms with Crippen molar-refractivity contribution in [3.8, 4) is 16.9 Å². The van der Waals surface area contributed by atoms with Gasteiger partial charge in [0.05, 0.1) is 58.8 Å². The lowest BCUT2D eigenvalue weighted by atomic mass is 9.48. The molecule has 6 radical (unpaired) electrons. The minimum atomic E-state index is -3.32. The lowest BCUT2D eigenvalue weighted by molar-refractivity contribution is -0.120. The van der Waals surface area contributed by atoms with Gasteiger partial charge >= 0.3 is 18.7 Å². The minimum absolute atomic E-state index is 0.0146. The standard InChI is InChI=1S/C32H29B3F3N7O6/c1-31(2,3)51-30(49)45(32(33,34)35)22-11-21(25-16(27(47)48)5-4-6-23(25)50-28(37)38)44-20-9-17(18(36)10-19(20)42-26(22)44)15-12-40-29(41-13-15)43-8-7-39-24(46)14-43/h4-6,9-10,12-13,21-22,28H,7-8,11,14H2,1-3H3,(H,39,46)(H,47,48)/t21-,22-/m1/s1. The third-order valence-corrected chi connectivity index (χ3v) is 8.30. The molecule has 0 bridgehead atoms. The summed E-state index contributed by atoms with van der Waals surface area (Å²) in [6.45, 7) is 2.40. The molecule has 258 valence electrons. The van der Waals surface area contributed by atoms with Gasteiger partial charge in [-0.25, -0.2) is 28.9 Å². The Morgan fingerprint density at radius 3 is 2.45 bits per heavy atom. The van der Waals surface area contributed by atoms with E-state index in [9.17, 15) is 28.3 Å². The van der Waals surface area contributed by atoms with Crippen molar-refractivity contribution in [2.75, 3.05) is 24.5 Å². The van der Waals surface area contributed by atoms with Crippen molar-refractivity contribution in [2.24, 2.45) is 0 Å². The van der Waals surface area contributed by atoms with Gasteiger partial charge in [-0.05, 0) is 39.0 Å². The number of hydrogen-bond donors (Lipinski definition) is 2. The molecule has 1 fully saturated rings. The number of alkyl halides is 2. The summed E-state index contributed by atoms with van der Waals surface area (Å²) in [5.41, 5.74) is -1.07. The first-order chi connectivity index (χ1) is 23.9. The first kappa shape index (κ1) is 35.6. The minimum Gasteiger partial charge on any atom is -0.478 e. The number of piperazine rings is 1. The van der Waals surface area contributed by atoms with Crippen LogP contribution in [0.25, 0.3) is 22.2 Å². The molecule has 2 aliphatic rings. The number of ether oxygens (including phenoxy) is 2. The highest BCUT2D eigenvalue weighted by atomic mass is 19.3. The van der Waals surface area contributed by atoms with Gasteiger partial charge < -0.3 is 34.3 Å². The fourth-order valence-corrected chi connectivity index (χ4v) is 6.38. The van der Waals surface area contributed by atoms with Gasteiger partial charge in [0.1, 0.15) is 23.0 Å². The van der Waals surface area contributed by atoms with E-state index in [-0.39, 0.29) is 63.9 Å². The molecule has 2 aromatic carbocycles. The molecule has 2 amide bonds. The number of carbonyl (C=O) groups is 3. The second-order valence-electron chi connectivity index (χ2n) is 13.1. The number of aromatic nitrogens is 4. The molecule has 1 saturated heterocycles. The smallest absolute Gasteiger partial charge is 0.409 e. The van der Waals surface area contributed by atoms with Crippen molar-refractivity contribution in [1.82, 2.24) is 29.7 Å². The monoisotopic (exact) mass is 697 g/mol. The molecular formula is C32H29B3F3N7O6. The Hall–Kier alpha value is -5.22. The van der Waals surface area contributed by atoms with E-state index in [4.69, 9.17) is 33.0 Å². The zero-order valence-corrected chi connectivity index (χ0v) is 27.6. The molecule has 13 nitrogen and oxygen atoms in total. The van der Waals surface area contributed by atoms with Crippen LogP contribution in [0.5, 0.6) is 5.75 Å². The fourth-order valence-electron chi connectivity index (χ4n) is 6.38. The van der Waals surface area contributed by atoms with Crippen LogP contribution in [0.1, 0.15) is 61.0 Å². The van der Waals surface area contributed by atoms with Gasteiger partial charge in [-0.3, -0.25) is 4.79 Å². The van der Waals surface area contributed by atoms with Gasteiger partial charge in [-0.15, -0.1) is 0 Å². The zero-order valence-electron chi connectivity index (χ0n) is 27.6. The number of fused-ring (bicyclic) bond motifs is 3. The van der Waals surface area contributed by atoms with E-state index in [1.807, 2.05) is 0 Å². The maximum Gasteiger partial charge on any atom is 0.409 e. The van der Waals surface area contributed by atoms with Crippen molar-refractivity contribution >= 4 is 58.5 Å². The maximum absolute atomic E-state index is 15.8. The number of rotatable bonds is 8. The summed E-state index contributed by atoms with van der Waals surface area (Å²) < 4.78 is 55.1. The largest absolute Gasteiger partial charge is 0.478 e. The summed E-state index contributed by atoms with van der Waals surface area (Å²) in [4.78, 5) is 53.7. The van der Waals surface area contributed by atoms with Gasteiger partial charge in [0.2, 0.25) is 11.9 Å². The van der Waals surface area contributed by atoms with Crippen LogP contribution in [-0.2, 0) is 9.53 Å². The number of hydrogen-bond acceptors (Lipinski definition) is 9. The molecular weight excluding hydrogens is 668 g/mol. The van der Waals surface area contributed by atoms with E-state index in [1.165, 1.54) is 41.2 Å². The molecule has 51 heavy (non-hydrogen) atoms. The first-order valence-electron chi connectivity index (χ1n) is 15.7. The van der Waals surface area contributed by atoms with Gasteiger partial charge in [-0.2, -0.15) is 8.78 Å². The summed E-state index contributed by atoms with van der Waals surface area (Å²) in [5.74, 6) is -2.55. The predicted molar refractivity (Wildman–Crippen MR) is 180 cm³/mol. The number of amides is 2. The Bertz CT molecular complexity index is 2020. The second kappa shape index (κ2) is 13.2. The molecule has 0 spiro atoms. The number of carboxylic acids is 1. The molecule has 4 heterocycles. The predicted octanol–water partition coefficient (Wildman–Crippen LogP) is 3.26. The Morgan fingerprint density at radius 1 is 1.14 bits per heavy atom. The summed E-state index contributed by atoms with van der Waals surface area (Å²) in [5, 5.41) is 10.5. The molecule has 2 aliphatic heterocycles. The molecule has 2 aromatic heterocycles. The Kier molecular flexibility index (Phi) is 9.18. The fraction of sp³-hybridized carbons (Fsp3) is 0.375. The van der Waals surface area contributed by atoms with Crippen LogP contribution < -0.4 is 15.0 Å². The number of anilines is 1. The van der Waals surface area contributed by atoms with E-state index in [0.717, 1.165) is 11.0 Å². The van der Waals surface area contributed by atoms with Crippen LogP contribution in [0.15, 0.2) is 42.7 Å². The van der Waals surface area contributed by atoms with Crippen LogP contribution >= 0.6 is 0 Å². The van der Waals surface area contributed by atoms with Gasteiger partial charge in [0.25, 0.3) is 0 Å². The molecule has 0 saturated carbocycles. The molecule has 4 aromatic rings. The first-order valence-corrected chi connectivity index (χ1v) is 15.7. The van der Waals surface area contributed by atoms with Crippen LogP contribution in [0.3, 0.4) is 0 Å². The number of carbonyl (C=O) groups excluding carboxylic acids is 2. The molecule has 6 rings (SSSR count). The van der Waals surface area contributed by atoms with Crippen LogP contribution in [0.2, 0.25) is 0 Å². The molecule has 2 N–H and O–H groups in total. The number of halogens is 3. The van der Waals surface area contributed by atoms with Gasteiger partial charge in [0.15, 0.2) is 0 Å². The van der Waals surface area contributed by atoms with E-state index in [0.29, 0.717) is 13.1 Å². The van der Waals surface area contributed by atoms with Crippen molar-refractivity contribution < 1.29 is 42.1 Å². The summed E-state index contributed by atoms with van der Waals surface area (Å²) in [6.07, 6.45) is 1.48. The van der Waals surface area contributed by atoms with E-state index >= 15 is 4.39 Å². The van der Waals surface area contributed by atoms with Gasteiger partial charge in [-0.1, -0.05) is 11.3 Å². The zero-order chi connectivity index (χ0) is 37.0. The number of benzene rings is 2. The number of nitrogens with one attached hydrogen (secondary N) is 1. The van der Waals surface area contributed by atoms with Crippen LogP contribution in [0, 0.1) is 5.82 Å². The third-order valence-electron chi connectivity index (χ3n) is 8.30. The van der Waals surface area contributed by atoms with E-state index in [1.54, 1.807) is 25.7 Å². The Morgan fingerprint density at radius 2 is 1.84 bits per heavy atom. The van der Waals surface area contributed by atoms with Gasteiger partial charge in [0, 0.05) is 54.7 Å². The summed E-state index contributed by atoms with van der Waals surface area (Å²) >= 11 is 0. The van der Waals surface area contributed by atoms with Crippen molar-refractivity contribution in [3.05, 3.63) is 65.5 Å². The summed E-state index contributed by atoms with van der Waals surface area (Å²) in [6, 6.07) is 3.75. The molecule has 2 atom stereocenters. The lowest BCUT2D eigenvalue weighted by Crippen LogP contribution is -2.56. The third kappa shape index (κ3) is 7.06. The van der Waals surface area contributed by atoms with Crippen molar-refractivity contribution in [3.63, 3.8) is 0 Å². The molecule has 19 heteroatoms. The highest BCUT2D eigenvalue weighted by Crippen LogP contribution is 2.49. The topological polar surface area (TPSA) is 152 Å². The number of carboxylic acid groups (broad SMARTS) is 1. The average Bonchev–Trinajstić information content (AvgIpc) is 3.55. The normalized spacial score (nSPS) is 17.7. The van der Waals surface area contributed by atoms with Crippen LogP contribution in [-0.4, -0.2) is 108 Å². The number of aromatic carboxylic acids is 1. The highest BCUT2D eigenvalue weighted by Gasteiger charge is 2.46. The number of nitrogens with zero attached hydrogens (tertiary/aromatic N) is 6. The van der Waals surface area contributed by atoms with Crippen molar-refractivity contribution in [1.29, 1.82) is 0 Å². The number of imidazole rings is 1. The van der Waals surface area contributed by atoms with Crippen LogP contribution in [0.4, 0.5) is 23.9 Å². The quantitative estimate of drug-likeness (QED) is 0.263. The molecule has 0 aliphatic carbocycles. The lowest BCUT2D eigenvalue weighted by Gasteiger charge is -2.41. The SMILES string of the molecule is [B]C([B])([B])N(C(=O)OC(C)(C)C)[C@@H]1C[C@H](c2c(OC(F)F)cccc2C(=O)O)n2c1nc1cc(F)c(-c3cnc(N4CCNC(=O)C4)nc3)cc12. The molecule has 0 unspecified atom stereocenters. The highest BCUT2D eigenvalue weighted by molar-refractivity contribution is 6.59. The van der Waals surface area contributed by atoms with E-state index < -0.39 is 53.2 Å². The average molecular weight is 697 g/mol. The second-order valence-corrected chi connectivity index (χ2v) is 13.1. The van der Waals surface area contributed by atoms with Crippen molar-refractivity contribution in [2.45, 2.75) is 56.7 Å². The Balaban J connectivity index is 1.55. The Labute approximate surface area is 293 Å². The maximum atomic E-state index is 15.8. The van der Waals surface area contributed by atoms with E-state index in [2.05, 4.69) is 20.3 Å². The summed E-state index contributed by atoms with van der Waals surface area (Å²) in [7, 11) is 18.3.